The zero-order chi connectivity index (χ0) is 21.7. The Morgan fingerprint density at radius 1 is 0.742 bits per heavy atom. The molecule has 0 spiro atoms. The van der Waals surface area contributed by atoms with E-state index in [9.17, 15) is 15.3 Å². The monoisotopic (exact) mass is 431 g/mol. The van der Waals surface area contributed by atoms with E-state index in [-0.39, 0.29) is 23.5 Å². The van der Waals surface area contributed by atoms with Crippen molar-refractivity contribution in [3.8, 4) is 0 Å². The maximum atomic E-state index is 11.8. The Bertz CT molecular complexity index is 711. The molecule has 4 nitrogen and oxygen atoms in total. The van der Waals surface area contributed by atoms with Gasteiger partial charge in [0.2, 0.25) is 0 Å². The van der Waals surface area contributed by atoms with Crippen molar-refractivity contribution in [3.63, 3.8) is 0 Å². The van der Waals surface area contributed by atoms with Crippen molar-refractivity contribution in [1.29, 1.82) is 0 Å². The van der Waals surface area contributed by atoms with Gasteiger partial charge in [-0.25, -0.2) is 0 Å². The quantitative estimate of drug-likeness (QED) is 0.547. The highest BCUT2D eigenvalue weighted by Gasteiger charge is 2.64. The van der Waals surface area contributed by atoms with Gasteiger partial charge in [0.05, 0.1) is 17.8 Å². The summed E-state index contributed by atoms with van der Waals surface area (Å²) in [5.74, 6) is 4.89. The fourth-order valence-electron chi connectivity index (χ4n) is 10.6. The number of aliphatic hydroxyl groups is 3. The van der Waals surface area contributed by atoms with Gasteiger partial charge in [-0.3, -0.25) is 4.90 Å². The molecule has 31 heavy (non-hydrogen) atoms. The first-order valence-corrected chi connectivity index (χ1v) is 13.5. The third-order valence-corrected chi connectivity index (χ3v) is 12.0. The topological polar surface area (TPSA) is 63.9 Å². The average molecular weight is 432 g/mol. The summed E-state index contributed by atoms with van der Waals surface area (Å²) in [6.45, 7) is 9.36. The molecule has 2 aliphatic heterocycles. The normalized spacial score (nSPS) is 61.5. The summed E-state index contributed by atoms with van der Waals surface area (Å²) >= 11 is 0. The van der Waals surface area contributed by atoms with Crippen LogP contribution in [0.3, 0.4) is 0 Å². The van der Waals surface area contributed by atoms with Gasteiger partial charge < -0.3 is 15.3 Å². The van der Waals surface area contributed by atoms with Gasteiger partial charge in [-0.2, -0.15) is 0 Å². The highest BCUT2D eigenvalue weighted by atomic mass is 16.3. The summed E-state index contributed by atoms with van der Waals surface area (Å²) < 4.78 is 0. The molecule has 2 heterocycles. The van der Waals surface area contributed by atoms with Crippen LogP contribution in [0, 0.1) is 52.8 Å². The molecule has 0 bridgehead atoms. The molecular weight excluding hydrogens is 386 g/mol. The fraction of sp³-hybridized carbons (Fsp3) is 1.00. The van der Waals surface area contributed by atoms with Crippen LogP contribution in [0.4, 0.5) is 0 Å². The van der Waals surface area contributed by atoms with Gasteiger partial charge in [0.15, 0.2) is 0 Å². The van der Waals surface area contributed by atoms with Gasteiger partial charge in [-0.15, -0.1) is 0 Å². The van der Waals surface area contributed by atoms with Gasteiger partial charge in [0.1, 0.15) is 0 Å². The Morgan fingerprint density at radius 3 is 2.35 bits per heavy atom. The van der Waals surface area contributed by atoms with Crippen molar-refractivity contribution in [2.45, 2.75) is 102 Å². The number of fused-ring (bicyclic) bond motifs is 8. The van der Waals surface area contributed by atoms with Crippen molar-refractivity contribution < 1.29 is 15.3 Å². The lowest BCUT2D eigenvalue weighted by atomic mass is 9.51. The average Bonchev–Trinajstić information content (AvgIpc) is 3.09. The predicted molar refractivity (Wildman–Crippen MR) is 121 cm³/mol. The zero-order valence-corrected chi connectivity index (χ0v) is 19.9. The smallest absolute Gasteiger partial charge is 0.0805 e. The van der Waals surface area contributed by atoms with E-state index in [2.05, 4.69) is 25.7 Å². The standard InChI is InChI=1S/C27H45NO3/c1-15-4-7-25-27(3,31)21-6-5-17-18(20(21)14-28(25)13-15)11-22-19(17)12-24(30)23-10-16(29)8-9-26(22,23)2/h15-25,29-31H,4-14H2,1-3H3/t15-,16-,17+,18+,19-,20-,21?,22-,23-,24-,25?,26+,27-/m0/s1. The molecule has 2 saturated heterocycles. The molecule has 6 aliphatic rings. The minimum absolute atomic E-state index is 0.188. The van der Waals surface area contributed by atoms with Crippen LogP contribution < -0.4 is 0 Å². The van der Waals surface area contributed by atoms with E-state index in [4.69, 9.17) is 0 Å². The molecule has 13 atom stereocenters. The second kappa shape index (κ2) is 7.17. The van der Waals surface area contributed by atoms with Crippen LogP contribution in [0.1, 0.15) is 78.6 Å². The molecule has 6 fully saturated rings. The third kappa shape index (κ3) is 3.00. The number of aliphatic hydroxyl groups excluding tert-OH is 2. The summed E-state index contributed by atoms with van der Waals surface area (Å²) in [6.07, 6.45) is 9.43. The van der Waals surface area contributed by atoms with Crippen molar-refractivity contribution in [2.75, 3.05) is 13.1 Å². The van der Waals surface area contributed by atoms with Crippen LogP contribution in [-0.2, 0) is 0 Å². The molecule has 0 aromatic carbocycles. The van der Waals surface area contributed by atoms with Crippen LogP contribution in [0.5, 0.6) is 0 Å². The van der Waals surface area contributed by atoms with E-state index in [0.29, 0.717) is 35.6 Å². The van der Waals surface area contributed by atoms with Gasteiger partial charge in [-0.1, -0.05) is 13.8 Å². The molecule has 6 rings (SSSR count). The van der Waals surface area contributed by atoms with Crippen LogP contribution in [-0.4, -0.2) is 57.2 Å². The summed E-state index contributed by atoms with van der Waals surface area (Å²) in [6, 6.07) is 0.355. The number of hydrogen-bond acceptors (Lipinski definition) is 4. The van der Waals surface area contributed by atoms with Crippen LogP contribution >= 0.6 is 0 Å². The molecule has 0 aromatic heterocycles. The van der Waals surface area contributed by atoms with Crippen molar-refractivity contribution in [1.82, 2.24) is 4.90 Å². The molecule has 2 unspecified atom stereocenters. The first-order chi connectivity index (χ1) is 14.7. The lowest BCUT2D eigenvalue weighted by Gasteiger charge is -2.60. The number of nitrogens with zero attached hydrogens (tertiary/aromatic N) is 1. The van der Waals surface area contributed by atoms with E-state index in [1.165, 1.54) is 32.2 Å². The lowest BCUT2D eigenvalue weighted by molar-refractivity contribution is -0.176. The lowest BCUT2D eigenvalue weighted by Crippen LogP contribution is -2.67. The highest BCUT2D eigenvalue weighted by molar-refractivity contribution is 5.14. The molecule has 3 N–H and O–H groups in total. The molecule has 4 saturated carbocycles. The Balaban J connectivity index is 1.30. The van der Waals surface area contributed by atoms with E-state index in [0.717, 1.165) is 50.5 Å². The van der Waals surface area contributed by atoms with E-state index in [1.807, 2.05) is 0 Å². The van der Waals surface area contributed by atoms with E-state index >= 15 is 0 Å². The first kappa shape index (κ1) is 21.4. The minimum atomic E-state index is -0.553. The van der Waals surface area contributed by atoms with Crippen LogP contribution in [0.15, 0.2) is 0 Å². The Kier molecular flexibility index (Phi) is 4.94. The first-order valence-electron chi connectivity index (χ1n) is 13.5. The van der Waals surface area contributed by atoms with Gasteiger partial charge in [0, 0.05) is 19.1 Å². The number of rotatable bonds is 0. The summed E-state index contributed by atoms with van der Waals surface area (Å²) in [5.41, 5.74) is -0.365. The van der Waals surface area contributed by atoms with Crippen LogP contribution in [0.2, 0.25) is 0 Å². The zero-order valence-electron chi connectivity index (χ0n) is 19.9. The van der Waals surface area contributed by atoms with Crippen molar-refractivity contribution in [2.24, 2.45) is 52.8 Å². The molecular formula is C27H45NO3. The highest BCUT2D eigenvalue weighted by Crippen LogP contribution is 2.67. The van der Waals surface area contributed by atoms with Gasteiger partial charge >= 0.3 is 0 Å². The molecule has 0 aromatic rings. The minimum Gasteiger partial charge on any atom is -0.393 e. The summed E-state index contributed by atoms with van der Waals surface area (Å²) in [5, 5.41) is 33.3. The van der Waals surface area contributed by atoms with Gasteiger partial charge in [-0.05, 0) is 117 Å². The Hall–Kier alpha value is -0.160. The number of hydrogen-bond donors (Lipinski definition) is 3. The second-order valence-electron chi connectivity index (χ2n) is 13.4. The molecule has 0 amide bonds. The predicted octanol–water partition coefficient (Wildman–Crippen LogP) is 3.68. The fourth-order valence-corrected chi connectivity index (χ4v) is 10.6. The van der Waals surface area contributed by atoms with Crippen LogP contribution in [0.25, 0.3) is 0 Å². The molecule has 176 valence electrons. The molecule has 0 radical (unpaired) electrons. The third-order valence-electron chi connectivity index (χ3n) is 12.0. The SMILES string of the molecule is C[C@H]1CCC2N(C1)C[C@@H]1C(CC[C@@H]3[C@H]1C[C@H]1[C@H]3C[C@H](O)[C@@H]3C[C@@H](O)CC[C@]13C)[C@]2(C)O. The van der Waals surface area contributed by atoms with Crippen molar-refractivity contribution in [3.05, 3.63) is 0 Å². The van der Waals surface area contributed by atoms with E-state index < -0.39 is 5.60 Å². The summed E-state index contributed by atoms with van der Waals surface area (Å²) in [7, 11) is 0. The number of piperidine rings is 2. The molecule has 4 aliphatic carbocycles. The Morgan fingerprint density at radius 2 is 1.55 bits per heavy atom. The van der Waals surface area contributed by atoms with E-state index in [1.54, 1.807) is 0 Å². The van der Waals surface area contributed by atoms with Crippen molar-refractivity contribution >= 4 is 0 Å². The summed E-state index contributed by atoms with van der Waals surface area (Å²) in [4.78, 5) is 2.68. The molecule has 4 heteroatoms. The maximum absolute atomic E-state index is 11.8. The maximum Gasteiger partial charge on any atom is 0.0805 e. The van der Waals surface area contributed by atoms with Gasteiger partial charge in [0.25, 0.3) is 0 Å². The Labute approximate surface area is 188 Å². The second-order valence-corrected chi connectivity index (χ2v) is 13.4. The largest absolute Gasteiger partial charge is 0.393 e.